The first-order valence-corrected chi connectivity index (χ1v) is 12.8. The van der Waals surface area contributed by atoms with Crippen molar-refractivity contribution < 1.29 is 32.9 Å². The average molecular weight is 587 g/mol. The number of urea groups is 1. The van der Waals surface area contributed by atoms with E-state index in [4.69, 9.17) is 22.1 Å². The molecule has 2 aromatic heterocycles. The first kappa shape index (κ1) is 29.7. The highest BCUT2D eigenvalue weighted by Gasteiger charge is 2.45. The van der Waals surface area contributed by atoms with E-state index < -0.39 is 47.3 Å². The largest absolute Gasteiger partial charge is 0.417 e. The number of nitrogen functional groups attached to an aromatic ring is 1. The summed E-state index contributed by atoms with van der Waals surface area (Å²) in [6, 6.07) is 2.49. The second-order valence-electron chi connectivity index (χ2n) is 9.64. The number of anilines is 2. The van der Waals surface area contributed by atoms with Crippen molar-refractivity contribution in [2.45, 2.75) is 57.0 Å². The Morgan fingerprint density at radius 2 is 2.00 bits per heavy atom. The van der Waals surface area contributed by atoms with Crippen molar-refractivity contribution in [1.29, 1.82) is 0 Å². The van der Waals surface area contributed by atoms with Crippen molar-refractivity contribution in [1.82, 2.24) is 29.7 Å². The zero-order valence-corrected chi connectivity index (χ0v) is 22.4. The fraction of sp³-hybridized carbons (Fsp3) is 0.500. The van der Waals surface area contributed by atoms with Gasteiger partial charge in [0, 0.05) is 31.4 Å². The van der Waals surface area contributed by atoms with E-state index in [1.165, 1.54) is 23.3 Å². The van der Waals surface area contributed by atoms with E-state index in [0.717, 1.165) is 12.1 Å². The monoisotopic (exact) mass is 586 g/mol. The van der Waals surface area contributed by atoms with Crippen molar-refractivity contribution >= 4 is 40.3 Å². The van der Waals surface area contributed by atoms with E-state index in [1.807, 2.05) is 18.7 Å². The van der Waals surface area contributed by atoms with Crippen molar-refractivity contribution in [3.8, 4) is 0 Å². The number of carbonyl (C=O) groups is 1. The molecule has 1 aromatic carbocycles. The fourth-order valence-electron chi connectivity index (χ4n) is 4.44. The third-order valence-corrected chi connectivity index (χ3v) is 6.91. The van der Waals surface area contributed by atoms with Crippen LogP contribution in [-0.4, -0.2) is 84.7 Å². The van der Waals surface area contributed by atoms with Crippen LogP contribution in [0.4, 0.5) is 29.5 Å². The molecule has 40 heavy (non-hydrogen) atoms. The van der Waals surface area contributed by atoms with Crippen LogP contribution in [0.3, 0.4) is 0 Å². The van der Waals surface area contributed by atoms with Crippen molar-refractivity contribution in [3.05, 3.63) is 41.4 Å². The lowest BCUT2D eigenvalue weighted by Crippen LogP contribution is -2.44. The number of hydrogen-bond acceptors (Lipinski definition) is 9. The minimum absolute atomic E-state index is 0.0392. The van der Waals surface area contributed by atoms with E-state index in [2.05, 4.69) is 25.6 Å². The molecule has 1 aliphatic heterocycles. The van der Waals surface area contributed by atoms with Crippen LogP contribution in [0.15, 0.2) is 30.9 Å². The van der Waals surface area contributed by atoms with Gasteiger partial charge in [-0.3, -0.25) is 9.47 Å². The van der Waals surface area contributed by atoms with Gasteiger partial charge in [-0.1, -0.05) is 11.6 Å². The zero-order chi connectivity index (χ0) is 29.2. The van der Waals surface area contributed by atoms with Crippen LogP contribution >= 0.6 is 11.6 Å². The maximum Gasteiger partial charge on any atom is 0.417 e. The maximum absolute atomic E-state index is 13.0. The molecule has 4 rings (SSSR count). The molecular weight excluding hydrogens is 557 g/mol. The Labute approximate surface area is 232 Å². The lowest BCUT2D eigenvalue weighted by Gasteiger charge is -2.30. The van der Waals surface area contributed by atoms with Gasteiger partial charge in [0.2, 0.25) is 0 Å². The van der Waals surface area contributed by atoms with Gasteiger partial charge in [0.1, 0.15) is 30.2 Å². The molecule has 3 aromatic rings. The van der Waals surface area contributed by atoms with Gasteiger partial charge in [0.25, 0.3) is 0 Å². The number of imidazole rings is 1. The molecule has 0 bridgehead atoms. The summed E-state index contributed by atoms with van der Waals surface area (Å²) in [5.74, 6) is 0.181. The fourth-order valence-corrected chi connectivity index (χ4v) is 4.66. The second-order valence-corrected chi connectivity index (χ2v) is 10.1. The Balaban J connectivity index is 1.30. The summed E-state index contributed by atoms with van der Waals surface area (Å²) in [5, 5.41) is 26.0. The molecular formula is C24H30ClF3N8O4. The average Bonchev–Trinajstić information content (AvgIpc) is 3.43. The van der Waals surface area contributed by atoms with Gasteiger partial charge in [-0.05, 0) is 38.5 Å². The van der Waals surface area contributed by atoms with Gasteiger partial charge in [0.15, 0.2) is 17.7 Å². The summed E-state index contributed by atoms with van der Waals surface area (Å²) >= 11 is 5.61. The van der Waals surface area contributed by atoms with Crippen molar-refractivity contribution in [2.75, 3.05) is 30.7 Å². The van der Waals surface area contributed by atoms with E-state index >= 15 is 0 Å². The highest BCUT2D eigenvalue weighted by atomic mass is 35.5. The number of benzene rings is 1. The lowest BCUT2D eigenvalue weighted by molar-refractivity contribution is -0.137. The minimum Gasteiger partial charge on any atom is -0.387 e. The molecule has 4 unspecified atom stereocenters. The van der Waals surface area contributed by atoms with Crippen LogP contribution in [0.25, 0.3) is 11.2 Å². The number of nitrogens with two attached hydrogens (primary N) is 1. The molecule has 0 spiro atoms. The number of nitrogens with one attached hydrogen (secondary N) is 2. The van der Waals surface area contributed by atoms with E-state index in [0.29, 0.717) is 24.1 Å². The summed E-state index contributed by atoms with van der Waals surface area (Å²) in [5.41, 5.74) is 5.47. The van der Waals surface area contributed by atoms with Crippen LogP contribution in [0.2, 0.25) is 5.02 Å². The standard InChI is InChI=1S/C24H30ClF3N8O4/c1-12(2)35(7-3-6-30-23(39)34-13-4-5-15(25)14(8-13)24(26,27)28)9-16-18(37)19(38)22(40-16)36-11-33-17-20(29)31-10-32-21(17)36/h4-5,8,10-12,16,18-19,22,37-38H,3,6-7,9H2,1-2H3,(H2,29,31,32)(H2,30,34,39). The highest BCUT2D eigenvalue weighted by Crippen LogP contribution is 2.36. The van der Waals surface area contributed by atoms with Gasteiger partial charge in [-0.2, -0.15) is 13.2 Å². The summed E-state index contributed by atoms with van der Waals surface area (Å²) in [6.07, 6.45) is -5.56. The number of fused-ring (bicyclic) bond motifs is 1. The van der Waals surface area contributed by atoms with Crippen LogP contribution in [-0.2, 0) is 10.9 Å². The second kappa shape index (κ2) is 12.1. The Hall–Kier alpha value is -3.24. The molecule has 0 radical (unpaired) electrons. The molecule has 3 heterocycles. The molecule has 218 valence electrons. The third-order valence-electron chi connectivity index (χ3n) is 6.58. The molecule has 4 atom stereocenters. The van der Waals surface area contributed by atoms with Gasteiger partial charge < -0.3 is 31.3 Å². The smallest absolute Gasteiger partial charge is 0.387 e. The molecule has 1 fully saturated rings. The van der Waals surface area contributed by atoms with Gasteiger partial charge >= 0.3 is 12.2 Å². The summed E-state index contributed by atoms with van der Waals surface area (Å²) in [4.78, 5) is 26.5. The molecule has 16 heteroatoms. The Morgan fingerprint density at radius 1 is 1.25 bits per heavy atom. The van der Waals surface area contributed by atoms with E-state index in [-0.39, 0.29) is 30.6 Å². The van der Waals surface area contributed by atoms with Crippen molar-refractivity contribution in [2.24, 2.45) is 0 Å². The quantitative estimate of drug-likeness (QED) is 0.237. The predicted octanol–water partition coefficient (Wildman–Crippen LogP) is 2.62. The highest BCUT2D eigenvalue weighted by molar-refractivity contribution is 6.31. The normalized spacial score (nSPS) is 21.4. The number of ether oxygens (including phenoxy) is 1. The van der Waals surface area contributed by atoms with Crippen LogP contribution in [0.5, 0.6) is 0 Å². The molecule has 1 aliphatic rings. The number of amides is 2. The number of carbonyl (C=O) groups excluding carboxylic acids is 1. The molecule has 12 nitrogen and oxygen atoms in total. The van der Waals surface area contributed by atoms with E-state index in [1.54, 1.807) is 0 Å². The number of halogens is 4. The topological polar surface area (TPSA) is 164 Å². The molecule has 0 aliphatic carbocycles. The molecule has 6 N–H and O–H groups in total. The summed E-state index contributed by atoms with van der Waals surface area (Å²) < 4.78 is 46.7. The number of aromatic nitrogens is 4. The number of aliphatic hydroxyl groups excluding tert-OH is 2. The third kappa shape index (κ3) is 6.55. The lowest BCUT2D eigenvalue weighted by atomic mass is 10.1. The number of hydrogen-bond donors (Lipinski definition) is 5. The van der Waals surface area contributed by atoms with Crippen LogP contribution < -0.4 is 16.4 Å². The number of alkyl halides is 3. The number of rotatable bonds is 9. The summed E-state index contributed by atoms with van der Waals surface area (Å²) in [6.45, 7) is 4.93. The Kier molecular flexibility index (Phi) is 8.99. The van der Waals surface area contributed by atoms with E-state index in [9.17, 15) is 28.2 Å². The SMILES string of the molecule is CC(C)N(CCCNC(=O)Nc1ccc(Cl)c(C(F)(F)F)c1)CC1OC(n2cnc3c(N)ncnc32)C(O)C1O. The van der Waals surface area contributed by atoms with Gasteiger partial charge in [-0.25, -0.2) is 19.7 Å². The first-order chi connectivity index (χ1) is 18.9. The molecule has 0 saturated carbocycles. The number of aliphatic hydroxyl groups is 2. The number of nitrogens with zero attached hydrogens (tertiary/aromatic N) is 5. The maximum atomic E-state index is 13.0. The van der Waals surface area contributed by atoms with Crippen molar-refractivity contribution in [3.63, 3.8) is 0 Å². The summed E-state index contributed by atoms with van der Waals surface area (Å²) in [7, 11) is 0. The Bertz CT molecular complexity index is 1340. The first-order valence-electron chi connectivity index (χ1n) is 12.5. The Morgan fingerprint density at radius 3 is 2.70 bits per heavy atom. The predicted molar refractivity (Wildman–Crippen MR) is 140 cm³/mol. The van der Waals surface area contributed by atoms with Gasteiger partial charge in [-0.15, -0.1) is 0 Å². The van der Waals surface area contributed by atoms with Crippen LogP contribution in [0, 0.1) is 0 Å². The van der Waals surface area contributed by atoms with Gasteiger partial charge in [0.05, 0.1) is 16.9 Å². The minimum atomic E-state index is -4.65. The molecule has 1 saturated heterocycles. The van der Waals surface area contributed by atoms with Crippen LogP contribution in [0.1, 0.15) is 32.1 Å². The molecule has 2 amide bonds. The zero-order valence-electron chi connectivity index (χ0n) is 21.6.